The largest absolute Gasteiger partial charge is 0.228 e. The lowest BCUT2D eigenvalue weighted by atomic mass is 10.2. The summed E-state index contributed by atoms with van der Waals surface area (Å²) in [5, 5.41) is 0. The van der Waals surface area contributed by atoms with Gasteiger partial charge in [-0.05, 0) is 48.0 Å². The maximum atomic E-state index is 5.29. The average Bonchev–Trinajstić information content (AvgIpc) is 2.29. The van der Waals surface area contributed by atoms with Crippen LogP contribution in [0.2, 0.25) is 0 Å². The molecule has 0 aliphatic heterocycles. The molecule has 0 unspecified atom stereocenters. The Morgan fingerprint density at radius 2 is 1.25 bits per heavy atom. The van der Waals surface area contributed by atoms with Crippen molar-refractivity contribution in [2.45, 2.75) is 91.6 Å². The molecule has 0 atom stereocenters. The molecule has 0 saturated carbocycles. The van der Waals surface area contributed by atoms with E-state index in [0.29, 0.717) is 12.8 Å². The summed E-state index contributed by atoms with van der Waals surface area (Å²) >= 11 is 0. The Balaban J connectivity index is 4.22. The van der Waals surface area contributed by atoms with Gasteiger partial charge in [-0.3, -0.25) is 0 Å². The molecule has 4 heteroatoms. The van der Waals surface area contributed by atoms with Crippen molar-refractivity contribution in [2.24, 2.45) is 0 Å². The molecule has 0 bridgehead atoms. The van der Waals surface area contributed by atoms with Crippen molar-refractivity contribution in [1.29, 1.82) is 0 Å². The van der Waals surface area contributed by atoms with E-state index in [0.717, 1.165) is 12.8 Å². The fourth-order valence-corrected chi connectivity index (χ4v) is 1.00. The fourth-order valence-electron chi connectivity index (χ4n) is 1.00. The molecule has 4 nitrogen and oxygen atoms in total. The zero-order valence-corrected chi connectivity index (χ0v) is 14.0. The molecule has 20 heavy (non-hydrogen) atoms. The summed E-state index contributed by atoms with van der Waals surface area (Å²) in [6.45, 7) is 13.6. The Labute approximate surface area is 124 Å². The second-order valence-electron chi connectivity index (χ2n) is 6.66. The van der Waals surface area contributed by atoms with Crippen LogP contribution in [0, 0.1) is 11.8 Å². The van der Waals surface area contributed by atoms with Crippen LogP contribution in [0.4, 0.5) is 0 Å². The SMILES string of the molecule is CCCC#CCCC(OOC(C)(C)C)OOC(C)(C)C. The molecule has 0 spiro atoms. The molecule has 0 N–H and O–H groups in total. The first-order valence-electron chi connectivity index (χ1n) is 7.29. The quantitative estimate of drug-likeness (QED) is 0.301. The molecular weight excluding hydrogens is 256 g/mol. The van der Waals surface area contributed by atoms with Gasteiger partial charge in [0, 0.05) is 19.3 Å². The van der Waals surface area contributed by atoms with Gasteiger partial charge in [-0.25, -0.2) is 19.6 Å². The number of rotatable bonds is 7. The number of unbranched alkanes of at least 4 members (excludes halogenated alkanes) is 1. The van der Waals surface area contributed by atoms with E-state index in [2.05, 4.69) is 18.8 Å². The maximum absolute atomic E-state index is 5.29. The van der Waals surface area contributed by atoms with E-state index in [-0.39, 0.29) is 0 Å². The van der Waals surface area contributed by atoms with Gasteiger partial charge in [0.05, 0.1) is 11.2 Å². The average molecular weight is 286 g/mol. The van der Waals surface area contributed by atoms with E-state index in [4.69, 9.17) is 19.6 Å². The highest BCUT2D eigenvalue weighted by molar-refractivity contribution is 4.98. The second kappa shape index (κ2) is 9.36. The third-order valence-corrected chi connectivity index (χ3v) is 1.82. The maximum Gasteiger partial charge on any atom is 0.225 e. The van der Waals surface area contributed by atoms with Crippen molar-refractivity contribution in [3.63, 3.8) is 0 Å². The summed E-state index contributed by atoms with van der Waals surface area (Å²) in [7, 11) is 0. The Kier molecular flexibility index (Phi) is 9.08. The lowest BCUT2D eigenvalue weighted by Gasteiger charge is -2.25. The lowest BCUT2D eigenvalue weighted by Crippen LogP contribution is -2.29. The Hall–Kier alpha value is -0.600. The Morgan fingerprint density at radius 3 is 1.65 bits per heavy atom. The van der Waals surface area contributed by atoms with Crippen LogP contribution in [-0.4, -0.2) is 17.5 Å². The molecule has 0 amide bonds. The second-order valence-corrected chi connectivity index (χ2v) is 6.66. The summed E-state index contributed by atoms with van der Waals surface area (Å²) in [6, 6.07) is 0. The van der Waals surface area contributed by atoms with Crippen molar-refractivity contribution in [2.75, 3.05) is 0 Å². The summed E-state index contributed by atoms with van der Waals surface area (Å²) in [5.74, 6) is 6.18. The lowest BCUT2D eigenvalue weighted by molar-refractivity contribution is -0.497. The third kappa shape index (κ3) is 13.8. The molecule has 0 fully saturated rings. The Bertz CT molecular complexity index is 283. The van der Waals surface area contributed by atoms with E-state index < -0.39 is 17.5 Å². The highest BCUT2D eigenvalue weighted by atomic mass is 17.3. The van der Waals surface area contributed by atoms with Crippen LogP contribution < -0.4 is 0 Å². The molecule has 118 valence electrons. The molecule has 0 aromatic heterocycles. The van der Waals surface area contributed by atoms with Crippen LogP contribution in [-0.2, 0) is 19.6 Å². The van der Waals surface area contributed by atoms with Gasteiger partial charge in [-0.1, -0.05) is 6.92 Å². The number of hydrogen-bond donors (Lipinski definition) is 0. The minimum absolute atomic E-state index is 0.392. The van der Waals surface area contributed by atoms with Crippen molar-refractivity contribution < 1.29 is 19.6 Å². The molecule has 0 rings (SSSR count). The van der Waals surface area contributed by atoms with E-state index >= 15 is 0 Å². The summed E-state index contributed by atoms with van der Waals surface area (Å²) in [6.07, 6.45) is 2.70. The van der Waals surface area contributed by atoms with Gasteiger partial charge in [0.1, 0.15) is 0 Å². The summed E-state index contributed by atoms with van der Waals surface area (Å²) in [4.78, 5) is 21.2. The number of hydrogen-bond acceptors (Lipinski definition) is 4. The minimum atomic E-state index is -0.579. The van der Waals surface area contributed by atoms with Crippen LogP contribution in [0.1, 0.15) is 74.1 Å². The van der Waals surface area contributed by atoms with Crippen molar-refractivity contribution in [3.05, 3.63) is 0 Å². The van der Waals surface area contributed by atoms with Crippen molar-refractivity contribution in [1.82, 2.24) is 0 Å². The molecule has 0 heterocycles. The zero-order valence-electron chi connectivity index (χ0n) is 14.0. The van der Waals surface area contributed by atoms with E-state index in [9.17, 15) is 0 Å². The molecule has 0 saturated heterocycles. The van der Waals surface area contributed by atoms with Gasteiger partial charge in [0.25, 0.3) is 0 Å². The van der Waals surface area contributed by atoms with Gasteiger partial charge in [0.2, 0.25) is 6.29 Å². The van der Waals surface area contributed by atoms with Crippen LogP contribution in [0.25, 0.3) is 0 Å². The van der Waals surface area contributed by atoms with Gasteiger partial charge < -0.3 is 0 Å². The monoisotopic (exact) mass is 286 g/mol. The highest BCUT2D eigenvalue weighted by Gasteiger charge is 2.21. The smallest absolute Gasteiger partial charge is 0.225 e. The molecule has 0 aliphatic carbocycles. The molecule has 0 radical (unpaired) electrons. The predicted octanol–water partition coefficient (Wildman–Crippen LogP) is 4.39. The molecule has 0 aliphatic rings. The summed E-state index contributed by atoms with van der Waals surface area (Å²) < 4.78 is 0. The predicted molar refractivity (Wildman–Crippen MR) is 79.6 cm³/mol. The topological polar surface area (TPSA) is 36.9 Å². The third-order valence-electron chi connectivity index (χ3n) is 1.82. The van der Waals surface area contributed by atoms with Gasteiger partial charge >= 0.3 is 0 Å². The molecular formula is C16H30O4. The molecule has 0 aromatic rings. The van der Waals surface area contributed by atoms with Crippen LogP contribution in [0.3, 0.4) is 0 Å². The summed E-state index contributed by atoms with van der Waals surface area (Å²) in [5.41, 5.74) is -0.783. The first kappa shape index (κ1) is 19.4. The van der Waals surface area contributed by atoms with Gasteiger partial charge in [-0.2, -0.15) is 0 Å². The first-order valence-corrected chi connectivity index (χ1v) is 7.29. The van der Waals surface area contributed by atoms with Crippen LogP contribution >= 0.6 is 0 Å². The zero-order chi connectivity index (χ0) is 15.6. The molecule has 0 aromatic carbocycles. The normalized spacial score (nSPS) is 12.4. The highest BCUT2D eigenvalue weighted by Crippen LogP contribution is 2.16. The van der Waals surface area contributed by atoms with Crippen molar-refractivity contribution >= 4 is 0 Å². The van der Waals surface area contributed by atoms with Gasteiger partial charge in [-0.15, -0.1) is 11.8 Å². The van der Waals surface area contributed by atoms with Crippen LogP contribution in [0.5, 0.6) is 0 Å². The van der Waals surface area contributed by atoms with Crippen molar-refractivity contribution in [3.8, 4) is 11.8 Å². The van der Waals surface area contributed by atoms with Gasteiger partial charge in [0.15, 0.2) is 0 Å². The van der Waals surface area contributed by atoms with E-state index in [1.54, 1.807) is 0 Å². The minimum Gasteiger partial charge on any atom is -0.228 e. The van der Waals surface area contributed by atoms with E-state index in [1.807, 2.05) is 41.5 Å². The standard InChI is InChI=1S/C16H30O4/c1-8-9-10-11-12-13-14(17-19-15(2,3)4)18-20-16(5,6)7/h14H,8-9,12-13H2,1-7H3. The van der Waals surface area contributed by atoms with E-state index in [1.165, 1.54) is 0 Å². The van der Waals surface area contributed by atoms with Crippen LogP contribution in [0.15, 0.2) is 0 Å². The fraction of sp³-hybridized carbons (Fsp3) is 0.875. The first-order chi connectivity index (χ1) is 9.14. The Morgan fingerprint density at radius 1 is 0.800 bits per heavy atom.